The number of nitrogens with zero attached hydrogens (tertiary/aromatic N) is 3. The van der Waals surface area contributed by atoms with Gasteiger partial charge >= 0.3 is 12.1 Å². The lowest BCUT2D eigenvalue weighted by Gasteiger charge is -2.28. The van der Waals surface area contributed by atoms with Gasteiger partial charge in [-0.25, -0.2) is 0 Å². The molecule has 0 saturated heterocycles. The zero-order valence-corrected chi connectivity index (χ0v) is 16.0. The molecule has 0 aliphatic carbocycles. The number of amides is 3. The Morgan fingerprint density at radius 2 is 1.80 bits per heavy atom. The first-order valence-electron chi connectivity index (χ1n) is 7.90. The van der Waals surface area contributed by atoms with E-state index in [1.165, 1.54) is 0 Å². The van der Waals surface area contributed by atoms with Crippen LogP contribution >= 0.6 is 23.2 Å². The number of hydrogen-bond donors (Lipinski definition) is 0. The summed E-state index contributed by atoms with van der Waals surface area (Å²) in [6, 6.07) is 6.49. The van der Waals surface area contributed by atoms with Gasteiger partial charge in [0, 0.05) is 11.1 Å². The van der Waals surface area contributed by atoms with Crippen LogP contribution in [0.5, 0.6) is 0 Å². The number of fused-ring (bicyclic) bond motifs is 1. The van der Waals surface area contributed by atoms with Crippen LogP contribution in [-0.4, -0.2) is 40.4 Å². The number of halogens is 5. The van der Waals surface area contributed by atoms with Crippen LogP contribution < -0.4 is 4.90 Å². The third kappa shape index (κ3) is 3.68. The molecule has 0 bridgehead atoms. The standard InChI is InChI=1S/C17H8Cl2F3N3O5/c18-8-4-5-11(10(19)6-8)23(16(28)17(20,21)22)7-24-14(26)9-2-1-3-12(25(29)30)13(9)15(24)27/h1-6H,7H2. The quantitative estimate of drug-likeness (QED) is 0.388. The molecule has 0 atom stereocenters. The summed E-state index contributed by atoms with van der Waals surface area (Å²) in [6.07, 6.45) is -5.37. The maximum atomic E-state index is 13.2. The van der Waals surface area contributed by atoms with E-state index < -0.39 is 52.4 Å². The first-order chi connectivity index (χ1) is 13.9. The molecule has 2 aromatic carbocycles. The van der Waals surface area contributed by atoms with E-state index in [1.54, 1.807) is 0 Å². The fraction of sp³-hybridized carbons (Fsp3) is 0.118. The molecule has 3 amide bonds. The summed E-state index contributed by atoms with van der Waals surface area (Å²) in [5.41, 5.74) is -2.09. The van der Waals surface area contributed by atoms with Gasteiger partial charge in [-0.05, 0) is 24.3 Å². The molecular formula is C17H8Cl2F3N3O5. The van der Waals surface area contributed by atoms with Crippen LogP contribution in [0.25, 0.3) is 0 Å². The van der Waals surface area contributed by atoms with Gasteiger partial charge in [0.15, 0.2) is 0 Å². The molecule has 0 spiro atoms. The van der Waals surface area contributed by atoms with Gasteiger partial charge in [0.1, 0.15) is 12.2 Å². The molecule has 0 unspecified atom stereocenters. The van der Waals surface area contributed by atoms with E-state index in [-0.39, 0.29) is 20.5 Å². The van der Waals surface area contributed by atoms with Gasteiger partial charge in [0.05, 0.1) is 21.2 Å². The maximum absolute atomic E-state index is 13.2. The fourth-order valence-electron chi connectivity index (χ4n) is 2.84. The minimum atomic E-state index is -5.37. The van der Waals surface area contributed by atoms with Crippen LogP contribution in [0.2, 0.25) is 10.0 Å². The molecule has 1 aliphatic heterocycles. The van der Waals surface area contributed by atoms with Gasteiger partial charge in [0.25, 0.3) is 17.5 Å². The summed E-state index contributed by atoms with van der Waals surface area (Å²) in [7, 11) is 0. The van der Waals surface area contributed by atoms with E-state index >= 15 is 0 Å². The Morgan fingerprint density at radius 1 is 1.13 bits per heavy atom. The zero-order valence-electron chi connectivity index (χ0n) is 14.4. The monoisotopic (exact) mass is 461 g/mol. The molecule has 0 radical (unpaired) electrons. The third-order valence-electron chi connectivity index (χ3n) is 4.14. The minimum absolute atomic E-state index is 0.0690. The molecule has 0 saturated carbocycles. The van der Waals surface area contributed by atoms with E-state index in [0.717, 1.165) is 36.4 Å². The number of rotatable bonds is 4. The van der Waals surface area contributed by atoms with Crippen molar-refractivity contribution in [3.8, 4) is 0 Å². The second kappa shape index (κ2) is 7.58. The van der Waals surface area contributed by atoms with Crippen LogP contribution in [0.4, 0.5) is 24.5 Å². The average Bonchev–Trinajstić information content (AvgIpc) is 2.90. The van der Waals surface area contributed by atoms with Gasteiger partial charge in [-0.2, -0.15) is 13.2 Å². The number of carbonyl (C=O) groups is 3. The molecule has 3 rings (SSSR count). The smallest absolute Gasteiger partial charge is 0.284 e. The number of nitro benzene ring substituents is 1. The highest BCUT2D eigenvalue weighted by Gasteiger charge is 2.47. The van der Waals surface area contributed by atoms with Crippen LogP contribution in [0.1, 0.15) is 20.7 Å². The molecule has 1 aliphatic rings. The van der Waals surface area contributed by atoms with Crippen LogP contribution in [0.15, 0.2) is 36.4 Å². The van der Waals surface area contributed by atoms with Gasteiger partial charge in [0.2, 0.25) is 0 Å². The van der Waals surface area contributed by atoms with Crippen molar-refractivity contribution >= 4 is 52.3 Å². The highest BCUT2D eigenvalue weighted by atomic mass is 35.5. The van der Waals surface area contributed by atoms with Crippen molar-refractivity contribution < 1.29 is 32.5 Å². The lowest BCUT2D eigenvalue weighted by molar-refractivity contribution is -0.385. The number of alkyl halides is 3. The van der Waals surface area contributed by atoms with E-state index in [0.29, 0.717) is 4.90 Å². The summed E-state index contributed by atoms with van der Waals surface area (Å²) in [4.78, 5) is 47.8. The number of hydrogen-bond acceptors (Lipinski definition) is 5. The van der Waals surface area contributed by atoms with E-state index in [1.807, 2.05) is 0 Å². The predicted molar refractivity (Wildman–Crippen MR) is 98.5 cm³/mol. The molecule has 13 heteroatoms. The number of benzene rings is 2. The largest absolute Gasteiger partial charge is 0.471 e. The van der Waals surface area contributed by atoms with E-state index in [4.69, 9.17) is 23.2 Å². The van der Waals surface area contributed by atoms with Gasteiger partial charge in [-0.3, -0.25) is 34.3 Å². The second-order valence-electron chi connectivity index (χ2n) is 5.96. The van der Waals surface area contributed by atoms with Crippen molar-refractivity contribution in [3.05, 3.63) is 67.7 Å². The van der Waals surface area contributed by atoms with Crippen molar-refractivity contribution in [2.24, 2.45) is 0 Å². The Labute approximate surface area is 175 Å². The normalized spacial score (nSPS) is 13.4. The number of nitro groups is 1. The summed E-state index contributed by atoms with van der Waals surface area (Å²) < 4.78 is 39.5. The molecule has 8 nitrogen and oxygen atoms in total. The summed E-state index contributed by atoms with van der Waals surface area (Å²) >= 11 is 11.6. The molecule has 156 valence electrons. The average molecular weight is 462 g/mol. The Hall–Kier alpha value is -3.18. The second-order valence-corrected chi connectivity index (χ2v) is 6.81. The summed E-state index contributed by atoms with van der Waals surface area (Å²) in [5, 5.41) is 10.9. The summed E-state index contributed by atoms with van der Waals surface area (Å²) in [5.74, 6) is -4.71. The van der Waals surface area contributed by atoms with Crippen molar-refractivity contribution in [2.45, 2.75) is 6.18 Å². The molecule has 30 heavy (non-hydrogen) atoms. The van der Waals surface area contributed by atoms with Crippen LogP contribution in [-0.2, 0) is 4.79 Å². The van der Waals surface area contributed by atoms with E-state index in [9.17, 15) is 37.7 Å². The molecule has 1 heterocycles. The van der Waals surface area contributed by atoms with Crippen molar-refractivity contribution in [3.63, 3.8) is 0 Å². The minimum Gasteiger partial charge on any atom is -0.284 e. The van der Waals surface area contributed by atoms with Crippen molar-refractivity contribution in [1.29, 1.82) is 0 Å². The molecule has 2 aromatic rings. The first kappa shape index (κ1) is 21.5. The Kier molecular flexibility index (Phi) is 5.44. The Bertz CT molecular complexity index is 1110. The molecule has 0 N–H and O–H groups in total. The first-order valence-corrected chi connectivity index (χ1v) is 8.66. The van der Waals surface area contributed by atoms with Crippen molar-refractivity contribution in [2.75, 3.05) is 11.6 Å². The molecular weight excluding hydrogens is 454 g/mol. The maximum Gasteiger partial charge on any atom is 0.471 e. The van der Waals surface area contributed by atoms with Gasteiger partial charge in [-0.1, -0.05) is 29.3 Å². The Balaban J connectivity index is 2.06. The predicted octanol–water partition coefficient (Wildman–Crippen LogP) is 4.05. The van der Waals surface area contributed by atoms with E-state index in [2.05, 4.69) is 0 Å². The van der Waals surface area contributed by atoms with Gasteiger partial charge < -0.3 is 0 Å². The van der Waals surface area contributed by atoms with Crippen LogP contribution in [0.3, 0.4) is 0 Å². The lowest BCUT2D eigenvalue weighted by atomic mass is 10.1. The number of imide groups is 1. The van der Waals surface area contributed by atoms with Crippen molar-refractivity contribution in [1.82, 2.24) is 4.90 Å². The molecule has 0 aromatic heterocycles. The van der Waals surface area contributed by atoms with Gasteiger partial charge in [-0.15, -0.1) is 0 Å². The summed E-state index contributed by atoms with van der Waals surface area (Å²) in [6.45, 7) is -1.18. The SMILES string of the molecule is O=C1c2cccc([N+](=O)[O-])c2C(=O)N1CN(C(=O)C(F)(F)F)c1ccc(Cl)cc1Cl. The highest BCUT2D eigenvalue weighted by Crippen LogP contribution is 2.35. The number of anilines is 1. The molecule has 0 fully saturated rings. The number of carbonyl (C=O) groups excluding carboxylic acids is 3. The van der Waals surface area contributed by atoms with Crippen LogP contribution in [0, 0.1) is 10.1 Å². The lowest BCUT2D eigenvalue weighted by Crippen LogP contribution is -2.49. The Morgan fingerprint density at radius 3 is 2.37 bits per heavy atom. The zero-order chi connectivity index (χ0) is 22.4. The third-order valence-corrected chi connectivity index (χ3v) is 4.68. The topological polar surface area (TPSA) is 101 Å². The fourth-order valence-corrected chi connectivity index (χ4v) is 3.35. The highest BCUT2D eigenvalue weighted by molar-refractivity contribution is 6.37.